The molecule has 0 saturated heterocycles. The first-order valence-electron chi connectivity index (χ1n) is 10.6. The Morgan fingerprint density at radius 3 is 2.67 bits per heavy atom. The number of carbonyl (C=O) groups is 1. The molecule has 0 saturated carbocycles. The summed E-state index contributed by atoms with van der Waals surface area (Å²) in [6.45, 7) is 0.535. The molecule has 4 rings (SSSR count). The normalized spacial score (nSPS) is 11.1. The molecule has 1 aromatic heterocycles. The quantitative estimate of drug-likeness (QED) is 0.349. The van der Waals surface area contributed by atoms with Crippen LogP contribution < -0.4 is 10.5 Å². The summed E-state index contributed by atoms with van der Waals surface area (Å²) in [5, 5.41) is 19.3. The van der Waals surface area contributed by atoms with E-state index in [4.69, 9.17) is 20.0 Å². The molecule has 33 heavy (non-hydrogen) atoms. The van der Waals surface area contributed by atoms with Crippen LogP contribution in [0.5, 0.6) is 5.75 Å². The van der Waals surface area contributed by atoms with Crippen LogP contribution in [0.15, 0.2) is 65.1 Å². The summed E-state index contributed by atoms with van der Waals surface area (Å²) in [7, 11) is 0. The van der Waals surface area contributed by atoms with Crippen molar-refractivity contribution in [1.82, 2.24) is 0 Å². The number of halogens is 1. The first-order chi connectivity index (χ1) is 16.0. The molecule has 3 aromatic carbocycles. The van der Waals surface area contributed by atoms with Crippen LogP contribution in [-0.2, 0) is 30.8 Å². The topological polar surface area (TPSA) is 106 Å². The van der Waals surface area contributed by atoms with E-state index in [2.05, 4.69) is 0 Å². The van der Waals surface area contributed by atoms with Crippen molar-refractivity contribution in [3.05, 3.63) is 88.9 Å². The molecule has 4 aromatic rings. The van der Waals surface area contributed by atoms with E-state index in [0.29, 0.717) is 30.1 Å². The number of aliphatic hydroxyl groups is 1. The molecule has 0 spiro atoms. The van der Waals surface area contributed by atoms with Crippen molar-refractivity contribution in [1.29, 1.82) is 0 Å². The van der Waals surface area contributed by atoms with E-state index in [-0.39, 0.29) is 25.2 Å². The van der Waals surface area contributed by atoms with E-state index in [9.17, 15) is 14.3 Å². The van der Waals surface area contributed by atoms with E-state index in [1.165, 1.54) is 18.2 Å². The summed E-state index contributed by atoms with van der Waals surface area (Å²) in [6, 6.07) is 17.5. The Balaban J connectivity index is 1.72. The predicted octanol–water partition coefficient (Wildman–Crippen LogP) is 4.44. The van der Waals surface area contributed by atoms with Crippen molar-refractivity contribution < 1.29 is 28.6 Å². The zero-order chi connectivity index (χ0) is 23.4. The Labute approximate surface area is 190 Å². The minimum atomic E-state index is -1.07. The van der Waals surface area contributed by atoms with Gasteiger partial charge in [0.2, 0.25) is 0 Å². The molecule has 0 unspecified atom stereocenters. The molecule has 0 aliphatic carbocycles. The SMILES string of the molecule is NCc1cccc(-c2cc(COc3ccc(F)cc3CC(=O)O)cc3cc(CCO)oc23)c1. The number of nitrogens with two attached hydrogens (primary N) is 1. The highest BCUT2D eigenvalue weighted by Gasteiger charge is 2.15. The Morgan fingerprint density at radius 2 is 1.91 bits per heavy atom. The Hall–Kier alpha value is -3.68. The molecule has 4 N–H and O–H groups in total. The van der Waals surface area contributed by atoms with E-state index in [1.54, 1.807) is 0 Å². The molecule has 0 fully saturated rings. The highest BCUT2D eigenvalue weighted by molar-refractivity contribution is 5.93. The van der Waals surface area contributed by atoms with Crippen molar-refractivity contribution in [2.24, 2.45) is 5.73 Å². The molecule has 1 heterocycles. The average Bonchev–Trinajstić information content (AvgIpc) is 3.20. The van der Waals surface area contributed by atoms with Gasteiger partial charge in [-0.15, -0.1) is 0 Å². The van der Waals surface area contributed by atoms with Crippen LogP contribution in [0.25, 0.3) is 22.1 Å². The molecule has 0 atom stereocenters. The lowest BCUT2D eigenvalue weighted by Gasteiger charge is -2.12. The minimum Gasteiger partial charge on any atom is -0.489 e. The second kappa shape index (κ2) is 9.85. The number of aliphatic carboxylic acids is 1. The molecule has 0 aliphatic rings. The van der Waals surface area contributed by atoms with Gasteiger partial charge in [0.1, 0.15) is 29.5 Å². The third kappa shape index (κ3) is 5.22. The number of hydrogen-bond acceptors (Lipinski definition) is 5. The van der Waals surface area contributed by atoms with E-state index in [0.717, 1.165) is 27.6 Å². The van der Waals surface area contributed by atoms with Crippen LogP contribution in [-0.4, -0.2) is 22.8 Å². The monoisotopic (exact) mass is 449 g/mol. The Kier molecular flexibility index (Phi) is 6.72. The standard InChI is InChI=1S/C26H24FNO5/c27-21-4-5-24(19(11-21)13-25(30)31)32-15-17-9-20-12-22(6-7-29)33-26(20)23(10-17)18-3-1-2-16(8-18)14-28/h1-5,8-12,29H,6-7,13-15,28H2,(H,30,31). The molecule has 6 nitrogen and oxygen atoms in total. The number of benzene rings is 3. The number of hydrogen-bond donors (Lipinski definition) is 3. The van der Waals surface area contributed by atoms with Gasteiger partial charge in [-0.2, -0.15) is 0 Å². The summed E-state index contributed by atoms with van der Waals surface area (Å²) in [6.07, 6.45) is 0.0619. The molecule has 170 valence electrons. The van der Waals surface area contributed by atoms with Crippen molar-refractivity contribution in [2.45, 2.75) is 26.0 Å². The zero-order valence-electron chi connectivity index (χ0n) is 17.9. The fourth-order valence-electron chi connectivity index (χ4n) is 3.82. The molecule has 7 heteroatoms. The molecule has 0 amide bonds. The lowest BCUT2D eigenvalue weighted by atomic mass is 9.99. The number of rotatable bonds is 9. The van der Waals surface area contributed by atoms with Gasteiger partial charge in [-0.05, 0) is 59.2 Å². The molecular formula is C26H24FNO5. The number of furan rings is 1. The van der Waals surface area contributed by atoms with Crippen molar-refractivity contribution in [3.8, 4) is 16.9 Å². The van der Waals surface area contributed by atoms with E-state index >= 15 is 0 Å². The van der Waals surface area contributed by atoms with Gasteiger partial charge >= 0.3 is 5.97 Å². The van der Waals surface area contributed by atoms with Crippen LogP contribution >= 0.6 is 0 Å². The van der Waals surface area contributed by atoms with Crippen molar-refractivity contribution in [3.63, 3.8) is 0 Å². The van der Waals surface area contributed by atoms with Crippen LogP contribution in [0.1, 0.15) is 22.5 Å². The number of fused-ring (bicyclic) bond motifs is 1. The zero-order valence-corrected chi connectivity index (χ0v) is 17.9. The molecule has 0 aliphatic heterocycles. The second-order valence-electron chi connectivity index (χ2n) is 7.76. The third-order valence-electron chi connectivity index (χ3n) is 5.32. The average molecular weight is 449 g/mol. The Bertz CT molecular complexity index is 1300. The Morgan fingerprint density at radius 1 is 1.06 bits per heavy atom. The largest absolute Gasteiger partial charge is 0.489 e. The van der Waals surface area contributed by atoms with Gasteiger partial charge in [0.05, 0.1) is 13.0 Å². The summed E-state index contributed by atoms with van der Waals surface area (Å²) in [4.78, 5) is 11.1. The van der Waals surface area contributed by atoms with Crippen LogP contribution in [0.3, 0.4) is 0 Å². The summed E-state index contributed by atoms with van der Waals surface area (Å²) in [5.74, 6) is -0.594. The van der Waals surface area contributed by atoms with Gasteiger partial charge in [0.25, 0.3) is 0 Å². The van der Waals surface area contributed by atoms with Gasteiger partial charge in [-0.1, -0.05) is 18.2 Å². The van der Waals surface area contributed by atoms with Gasteiger partial charge in [0, 0.05) is 29.5 Å². The molecule has 0 radical (unpaired) electrons. The van der Waals surface area contributed by atoms with Crippen LogP contribution in [0.4, 0.5) is 4.39 Å². The smallest absolute Gasteiger partial charge is 0.307 e. The number of carboxylic acids is 1. The van der Waals surface area contributed by atoms with Crippen molar-refractivity contribution >= 4 is 16.9 Å². The summed E-state index contributed by atoms with van der Waals surface area (Å²) in [5.41, 5.74) is 10.4. The number of aliphatic hydroxyl groups excluding tert-OH is 1. The van der Waals surface area contributed by atoms with Gasteiger partial charge in [-0.25, -0.2) is 4.39 Å². The first-order valence-corrected chi connectivity index (χ1v) is 10.6. The summed E-state index contributed by atoms with van der Waals surface area (Å²) < 4.78 is 25.5. The van der Waals surface area contributed by atoms with Gasteiger partial charge in [0.15, 0.2) is 0 Å². The summed E-state index contributed by atoms with van der Waals surface area (Å²) >= 11 is 0. The lowest BCUT2D eigenvalue weighted by molar-refractivity contribution is -0.136. The van der Waals surface area contributed by atoms with E-state index < -0.39 is 11.8 Å². The maximum atomic E-state index is 13.6. The first kappa shape index (κ1) is 22.5. The fraction of sp³-hybridized carbons (Fsp3) is 0.192. The van der Waals surface area contributed by atoms with E-state index in [1.807, 2.05) is 42.5 Å². The van der Waals surface area contributed by atoms with Gasteiger partial charge in [-0.3, -0.25) is 4.79 Å². The van der Waals surface area contributed by atoms with Crippen LogP contribution in [0.2, 0.25) is 0 Å². The van der Waals surface area contributed by atoms with Gasteiger partial charge < -0.3 is 25.1 Å². The second-order valence-corrected chi connectivity index (χ2v) is 7.76. The highest BCUT2D eigenvalue weighted by atomic mass is 19.1. The number of ether oxygens (including phenoxy) is 1. The molecule has 0 bridgehead atoms. The third-order valence-corrected chi connectivity index (χ3v) is 5.32. The maximum Gasteiger partial charge on any atom is 0.307 e. The minimum absolute atomic E-state index is 0.0231. The maximum absolute atomic E-state index is 13.6. The fourth-order valence-corrected chi connectivity index (χ4v) is 3.82. The number of carboxylic acid groups (broad SMARTS) is 1. The molecular weight excluding hydrogens is 425 g/mol. The highest BCUT2D eigenvalue weighted by Crippen LogP contribution is 2.34. The van der Waals surface area contributed by atoms with Crippen molar-refractivity contribution in [2.75, 3.05) is 6.61 Å². The van der Waals surface area contributed by atoms with Crippen LogP contribution in [0, 0.1) is 5.82 Å². The lowest BCUT2D eigenvalue weighted by Crippen LogP contribution is -2.05. The predicted molar refractivity (Wildman–Crippen MR) is 122 cm³/mol.